The molecular weight excluding hydrogens is 278 g/mol. The Morgan fingerprint density at radius 3 is 2.60 bits per heavy atom. The van der Waals surface area contributed by atoms with Crippen molar-refractivity contribution in [3.63, 3.8) is 0 Å². The van der Waals surface area contributed by atoms with Crippen molar-refractivity contribution in [3.8, 4) is 0 Å². The van der Waals surface area contributed by atoms with E-state index in [0.29, 0.717) is 31.7 Å². The molecule has 0 saturated heterocycles. The van der Waals surface area contributed by atoms with Crippen LogP contribution >= 0.6 is 0 Å². The molecule has 6 nitrogen and oxygen atoms in total. The fraction of sp³-hybridized carbons (Fsp3) is 1.00. The van der Waals surface area contributed by atoms with Gasteiger partial charge in [-0.1, -0.05) is 0 Å². The van der Waals surface area contributed by atoms with E-state index in [1.807, 2.05) is 0 Å². The molecule has 2 fully saturated rings. The van der Waals surface area contributed by atoms with E-state index in [-0.39, 0.29) is 0 Å². The second-order valence-corrected chi connectivity index (χ2v) is 7.68. The Morgan fingerprint density at radius 2 is 1.95 bits per heavy atom. The number of ether oxygens (including phenoxy) is 1. The van der Waals surface area contributed by atoms with Gasteiger partial charge in [-0.15, -0.1) is 0 Å². The van der Waals surface area contributed by atoms with Crippen molar-refractivity contribution >= 4 is 10.2 Å². The third-order valence-corrected chi connectivity index (χ3v) is 5.22. The minimum absolute atomic E-state index is 0.347. The fourth-order valence-corrected chi connectivity index (χ4v) is 2.83. The van der Waals surface area contributed by atoms with E-state index in [9.17, 15) is 8.42 Å². The third kappa shape index (κ3) is 6.49. The zero-order valence-electron chi connectivity index (χ0n) is 12.3. The molecular formula is C13H27N3O3S. The molecule has 0 aromatic heterocycles. The van der Waals surface area contributed by atoms with E-state index in [2.05, 4.69) is 10.0 Å². The van der Waals surface area contributed by atoms with Gasteiger partial charge < -0.3 is 10.1 Å². The van der Waals surface area contributed by atoms with Gasteiger partial charge in [0.2, 0.25) is 0 Å². The lowest BCUT2D eigenvalue weighted by molar-refractivity contribution is 0.129. The maximum absolute atomic E-state index is 11.9. The second kappa shape index (κ2) is 7.70. The number of hydrogen-bond donors (Lipinski definition) is 2. The second-order valence-electron chi connectivity index (χ2n) is 5.82. The molecule has 20 heavy (non-hydrogen) atoms. The summed E-state index contributed by atoms with van der Waals surface area (Å²) in [5, 5.41) is 3.38. The van der Waals surface area contributed by atoms with Crippen molar-refractivity contribution in [2.75, 3.05) is 39.9 Å². The summed E-state index contributed by atoms with van der Waals surface area (Å²) in [7, 11) is -1.74. The maximum Gasteiger partial charge on any atom is 0.279 e. The first-order valence-corrected chi connectivity index (χ1v) is 9.04. The van der Waals surface area contributed by atoms with Crippen LogP contribution in [0.2, 0.25) is 0 Å². The van der Waals surface area contributed by atoms with Gasteiger partial charge in [0, 0.05) is 32.8 Å². The summed E-state index contributed by atoms with van der Waals surface area (Å²) >= 11 is 0. The van der Waals surface area contributed by atoms with Crippen LogP contribution < -0.4 is 10.0 Å². The van der Waals surface area contributed by atoms with Gasteiger partial charge in [0.1, 0.15) is 0 Å². The van der Waals surface area contributed by atoms with Crippen LogP contribution in [-0.4, -0.2) is 58.7 Å². The Bertz CT molecular complexity index is 380. The summed E-state index contributed by atoms with van der Waals surface area (Å²) in [5.41, 5.74) is 0. The van der Waals surface area contributed by atoms with Crippen molar-refractivity contribution in [2.24, 2.45) is 5.92 Å². The van der Waals surface area contributed by atoms with Gasteiger partial charge in [-0.25, -0.2) is 0 Å². The summed E-state index contributed by atoms with van der Waals surface area (Å²) < 4.78 is 33.2. The minimum Gasteiger partial charge on any atom is -0.380 e. The summed E-state index contributed by atoms with van der Waals surface area (Å²) in [6.45, 7) is 2.99. The Morgan fingerprint density at radius 1 is 1.20 bits per heavy atom. The lowest BCUT2D eigenvalue weighted by atomic mass is 10.4. The molecule has 2 rings (SSSR count). The van der Waals surface area contributed by atoms with E-state index in [1.165, 1.54) is 30.0 Å². The van der Waals surface area contributed by atoms with Gasteiger partial charge in [0.05, 0.1) is 6.61 Å². The highest BCUT2D eigenvalue weighted by molar-refractivity contribution is 7.87. The predicted octanol–water partition coefficient (Wildman–Crippen LogP) is 0.321. The topological polar surface area (TPSA) is 70.7 Å². The van der Waals surface area contributed by atoms with Gasteiger partial charge in [-0.05, 0) is 44.6 Å². The van der Waals surface area contributed by atoms with Crippen LogP contribution in [-0.2, 0) is 14.9 Å². The molecule has 118 valence electrons. The molecule has 0 atom stereocenters. The number of rotatable bonds is 12. The molecule has 2 N–H and O–H groups in total. The first kappa shape index (κ1) is 16.2. The van der Waals surface area contributed by atoms with Gasteiger partial charge >= 0.3 is 0 Å². The summed E-state index contributed by atoms with van der Waals surface area (Å²) in [6.07, 6.45) is 5.87. The number of hydrogen-bond acceptors (Lipinski definition) is 4. The highest BCUT2D eigenvalue weighted by atomic mass is 32.2. The van der Waals surface area contributed by atoms with Crippen molar-refractivity contribution in [3.05, 3.63) is 0 Å². The van der Waals surface area contributed by atoms with Crippen LogP contribution in [0.1, 0.15) is 32.1 Å². The van der Waals surface area contributed by atoms with Crippen molar-refractivity contribution < 1.29 is 13.2 Å². The van der Waals surface area contributed by atoms with Crippen LogP contribution in [0.15, 0.2) is 0 Å². The molecule has 0 amide bonds. The molecule has 0 radical (unpaired) electrons. The van der Waals surface area contributed by atoms with Gasteiger partial charge in [0.15, 0.2) is 0 Å². The largest absolute Gasteiger partial charge is 0.380 e. The van der Waals surface area contributed by atoms with E-state index >= 15 is 0 Å². The van der Waals surface area contributed by atoms with Gasteiger partial charge in [-0.2, -0.15) is 17.4 Å². The van der Waals surface area contributed by atoms with Gasteiger partial charge in [-0.3, -0.25) is 0 Å². The van der Waals surface area contributed by atoms with Crippen LogP contribution in [0.25, 0.3) is 0 Å². The van der Waals surface area contributed by atoms with Crippen LogP contribution in [0.4, 0.5) is 0 Å². The van der Waals surface area contributed by atoms with Crippen molar-refractivity contribution in [1.82, 2.24) is 14.3 Å². The van der Waals surface area contributed by atoms with Crippen LogP contribution in [0.5, 0.6) is 0 Å². The SMILES string of the molecule is CN(CCCNC1CC1)S(=O)(=O)NCCOCC1CC1. The lowest BCUT2D eigenvalue weighted by Crippen LogP contribution is -2.40. The van der Waals surface area contributed by atoms with Crippen molar-refractivity contribution in [1.29, 1.82) is 0 Å². The summed E-state index contributed by atoms with van der Waals surface area (Å²) in [4.78, 5) is 0. The average molecular weight is 305 g/mol. The molecule has 0 heterocycles. The molecule has 0 unspecified atom stereocenters. The molecule has 2 aliphatic carbocycles. The minimum atomic E-state index is -3.35. The standard InChI is InChI=1S/C13H27N3O3S/c1-16(9-2-7-14-13-5-6-13)20(17,18)15-8-10-19-11-12-3-4-12/h12-15H,2-11H2,1H3. The lowest BCUT2D eigenvalue weighted by Gasteiger charge is -2.17. The fourth-order valence-electron chi connectivity index (χ4n) is 1.90. The van der Waals surface area contributed by atoms with Gasteiger partial charge in [0.25, 0.3) is 10.2 Å². The zero-order chi connectivity index (χ0) is 14.4. The first-order valence-electron chi connectivity index (χ1n) is 7.60. The smallest absolute Gasteiger partial charge is 0.279 e. The molecule has 2 saturated carbocycles. The van der Waals surface area contributed by atoms with E-state index in [0.717, 1.165) is 19.6 Å². The Balaban J connectivity index is 1.50. The monoisotopic (exact) mass is 305 g/mol. The number of nitrogens with zero attached hydrogens (tertiary/aromatic N) is 1. The van der Waals surface area contributed by atoms with E-state index < -0.39 is 10.2 Å². The normalized spacial score (nSPS) is 19.7. The molecule has 0 spiro atoms. The maximum atomic E-state index is 11.9. The molecule has 0 bridgehead atoms. The molecule has 2 aliphatic rings. The number of nitrogens with one attached hydrogen (secondary N) is 2. The molecule has 0 aliphatic heterocycles. The third-order valence-electron chi connectivity index (χ3n) is 3.65. The highest BCUT2D eigenvalue weighted by Crippen LogP contribution is 2.28. The molecule has 0 aromatic rings. The average Bonchev–Trinajstić information content (AvgIpc) is 3.26. The zero-order valence-corrected chi connectivity index (χ0v) is 13.1. The molecule has 0 aromatic carbocycles. The summed E-state index contributed by atoms with van der Waals surface area (Å²) in [6, 6.07) is 0.679. The quantitative estimate of drug-likeness (QED) is 0.510. The van der Waals surface area contributed by atoms with Crippen LogP contribution in [0.3, 0.4) is 0 Å². The molecule has 7 heteroatoms. The van der Waals surface area contributed by atoms with Crippen molar-refractivity contribution in [2.45, 2.75) is 38.1 Å². The Hall–Kier alpha value is -0.210. The predicted molar refractivity (Wildman–Crippen MR) is 78.7 cm³/mol. The van der Waals surface area contributed by atoms with E-state index in [1.54, 1.807) is 7.05 Å². The Kier molecular flexibility index (Phi) is 6.22. The Labute approximate surface area is 122 Å². The summed E-state index contributed by atoms with van der Waals surface area (Å²) in [5.74, 6) is 0.716. The highest BCUT2D eigenvalue weighted by Gasteiger charge is 2.22. The van der Waals surface area contributed by atoms with Crippen LogP contribution in [0, 0.1) is 5.92 Å². The van der Waals surface area contributed by atoms with E-state index in [4.69, 9.17) is 4.74 Å². The first-order chi connectivity index (χ1) is 9.58.